The second-order valence-electron chi connectivity index (χ2n) is 4.25. The zero-order valence-corrected chi connectivity index (χ0v) is 9.67. The van der Waals surface area contributed by atoms with Gasteiger partial charge in [0.1, 0.15) is 0 Å². The highest BCUT2D eigenvalue weighted by atomic mass is 32.2. The van der Waals surface area contributed by atoms with Gasteiger partial charge in [0, 0.05) is 18.1 Å². The SMILES string of the molecule is OC(CSc1ncc[nH]1)CC1CCCC1. The van der Waals surface area contributed by atoms with Gasteiger partial charge < -0.3 is 10.1 Å². The first-order chi connectivity index (χ1) is 7.34. The van der Waals surface area contributed by atoms with Gasteiger partial charge in [0.15, 0.2) is 5.16 Å². The molecule has 0 saturated heterocycles. The predicted molar refractivity (Wildman–Crippen MR) is 61.9 cm³/mol. The number of aliphatic hydroxyl groups is 1. The van der Waals surface area contributed by atoms with E-state index >= 15 is 0 Å². The quantitative estimate of drug-likeness (QED) is 0.758. The van der Waals surface area contributed by atoms with Crippen molar-refractivity contribution in [3.63, 3.8) is 0 Å². The van der Waals surface area contributed by atoms with Gasteiger partial charge in [-0.3, -0.25) is 0 Å². The van der Waals surface area contributed by atoms with Crippen LogP contribution >= 0.6 is 11.8 Å². The molecule has 0 amide bonds. The molecular formula is C11H18N2OS. The number of H-pyrrole nitrogens is 1. The van der Waals surface area contributed by atoms with Gasteiger partial charge in [0.25, 0.3) is 0 Å². The number of aromatic amines is 1. The number of hydrogen-bond donors (Lipinski definition) is 2. The molecule has 1 aliphatic carbocycles. The Morgan fingerprint density at radius 1 is 1.53 bits per heavy atom. The standard InChI is InChI=1S/C11H18N2OS/c14-10(7-9-3-1-2-4-9)8-15-11-12-5-6-13-11/h5-6,9-10,14H,1-4,7-8H2,(H,12,13). The molecule has 1 heterocycles. The largest absolute Gasteiger partial charge is 0.392 e. The van der Waals surface area contributed by atoms with Crippen LogP contribution in [-0.4, -0.2) is 26.9 Å². The molecule has 1 aromatic rings. The van der Waals surface area contributed by atoms with Crippen LogP contribution in [0.1, 0.15) is 32.1 Å². The Morgan fingerprint density at radius 2 is 2.33 bits per heavy atom. The molecule has 0 aromatic carbocycles. The predicted octanol–water partition coefficient (Wildman–Crippen LogP) is 2.44. The smallest absolute Gasteiger partial charge is 0.165 e. The van der Waals surface area contributed by atoms with Crippen LogP contribution in [-0.2, 0) is 0 Å². The molecule has 0 bridgehead atoms. The lowest BCUT2D eigenvalue weighted by Gasteiger charge is -2.14. The van der Waals surface area contributed by atoms with Gasteiger partial charge in [-0.05, 0) is 12.3 Å². The zero-order chi connectivity index (χ0) is 10.5. The lowest BCUT2D eigenvalue weighted by molar-refractivity contribution is 0.165. The third-order valence-corrected chi connectivity index (χ3v) is 4.01. The van der Waals surface area contributed by atoms with Crippen LogP contribution in [0.25, 0.3) is 0 Å². The van der Waals surface area contributed by atoms with Crippen LogP contribution in [0, 0.1) is 5.92 Å². The number of rotatable bonds is 5. The van der Waals surface area contributed by atoms with Gasteiger partial charge in [0.05, 0.1) is 6.10 Å². The second-order valence-corrected chi connectivity index (χ2v) is 5.25. The molecule has 1 atom stereocenters. The first-order valence-corrected chi connectivity index (χ1v) is 6.63. The van der Waals surface area contributed by atoms with E-state index in [-0.39, 0.29) is 6.10 Å². The van der Waals surface area contributed by atoms with E-state index in [1.165, 1.54) is 25.7 Å². The van der Waals surface area contributed by atoms with Gasteiger partial charge in [-0.2, -0.15) is 0 Å². The van der Waals surface area contributed by atoms with E-state index in [2.05, 4.69) is 9.97 Å². The Kier molecular flexibility index (Phi) is 4.09. The van der Waals surface area contributed by atoms with Crippen molar-refractivity contribution >= 4 is 11.8 Å². The summed E-state index contributed by atoms with van der Waals surface area (Å²) in [5.74, 6) is 1.52. The zero-order valence-electron chi connectivity index (χ0n) is 8.85. The van der Waals surface area contributed by atoms with E-state index in [0.717, 1.165) is 23.2 Å². The summed E-state index contributed by atoms with van der Waals surface area (Å²) in [7, 11) is 0. The molecule has 1 unspecified atom stereocenters. The van der Waals surface area contributed by atoms with E-state index in [9.17, 15) is 5.11 Å². The molecule has 0 radical (unpaired) electrons. The lowest BCUT2D eigenvalue weighted by Crippen LogP contribution is -2.14. The molecule has 84 valence electrons. The Hall–Kier alpha value is -0.480. The fourth-order valence-electron chi connectivity index (χ4n) is 2.20. The normalized spacial score (nSPS) is 19.5. The summed E-state index contributed by atoms with van der Waals surface area (Å²) >= 11 is 1.60. The molecule has 1 aliphatic rings. The van der Waals surface area contributed by atoms with Crippen LogP contribution in [0.4, 0.5) is 0 Å². The molecule has 1 aromatic heterocycles. The molecule has 1 saturated carbocycles. The van der Waals surface area contributed by atoms with Crippen molar-refractivity contribution < 1.29 is 5.11 Å². The van der Waals surface area contributed by atoms with Crippen molar-refractivity contribution in [1.82, 2.24) is 9.97 Å². The number of aromatic nitrogens is 2. The molecule has 4 heteroatoms. The van der Waals surface area contributed by atoms with Crippen molar-refractivity contribution in [3.8, 4) is 0 Å². The third-order valence-electron chi connectivity index (χ3n) is 2.97. The fraction of sp³-hybridized carbons (Fsp3) is 0.727. The Bertz CT molecular complexity index is 270. The van der Waals surface area contributed by atoms with Crippen molar-refractivity contribution in [2.24, 2.45) is 5.92 Å². The molecule has 3 nitrogen and oxygen atoms in total. The van der Waals surface area contributed by atoms with E-state index < -0.39 is 0 Å². The van der Waals surface area contributed by atoms with E-state index in [0.29, 0.717) is 0 Å². The van der Waals surface area contributed by atoms with E-state index in [1.807, 2.05) is 6.20 Å². The maximum atomic E-state index is 9.85. The van der Waals surface area contributed by atoms with Crippen molar-refractivity contribution in [2.75, 3.05) is 5.75 Å². The number of thioether (sulfide) groups is 1. The summed E-state index contributed by atoms with van der Waals surface area (Å²) in [5, 5.41) is 10.7. The van der Waals surface area contributed by atoms with Crippen LogP contribution in [0.5, 0.6) is 0 Å². The average Bonchev–Trinajstić information content (AvgIpc) is 2.86. The molecule has 0 aliphatic heterocycles. The minimum atomic E-state index is -0.178. The van der Waals surface area contributed by atoms with Crippen molar-refractivity contribution in [2.45, 2.75) is 43.4 Å². The maximum absolute atomic E-state index is 9.85. The fourth-order valence-corrected chi connectivity index (χ4v) is 2.98. The molecular weight excluding hydrogens is 208 g/mol. The van der Waals surface area contributed by atoms with Gasteiger partial charge >= 0.3 is 0 Å². The summed E-state index contributed by atoms with van der Waals surface area (Å²) < 4.78 is 0. The third kappa shape index (κ3) is 3.54. The Morgan fingerprint density at radius 3 is 3.00 bits per heavy atom. The van der Waals surface area contributed by atoms with Crippen molar-refractivity contribution in [1.29, 1.82) is 0 Å². The minimum absolute atomic E-state index is 0.178. The van der Waals surface area contributed by atoms with Crippen molar-refractivity contribution in [3.05, 3.63) is 12.4 Å². The van der Waals surface area contributed by atoms with Gasteiger partial charge in [-0.1, -0.05) is 37.4 Å². The molecule has 2 N–H and O–H groups in total. The summed E-state index contributed by atoms with van der Waals surface area (Å²) in [5.41, 5.74) is 0. The summed E-state index contributed by atoms with van der Waals surface area (Å²) in [4.78, 5) is 7.14. The summed E-state index contributed by atoms with van der Waals surface area (Å²) in [6, 6.07) is 0. The lowest BCUT2D eigenvalue weighted by atomic mass is 10.0. The highest BCUT2D eigenvalue weighted by Gasteiger charge is 2.18. The van der Waals surface area contributed by atoms with E-state index in [4.69, 9.17) is 0 Å². The average molecular weight is 226 g/mol. The van der Waals surface area contributed by atoms with Gasteiger partial charge in [0.2, 0.25) is 0 Å². The van der Waals surface area contributed by atoms with Crippen LogP contribution in [0.3, 0.4) is 0 Å². The van der Waals surface area contributed by atoms with Crippen LogP contribution < -0.4 is 0 Å². The number of hydrogen-bond acceptors (Lipinski definition) is 3. The molecule has 0 spiro atoms. The van der Waals surface area contributed by atoms with E-state index in [1.54, 1.807) is 18.0 Å². The topological polar surface area (TPSA) is 48.9 Å². The number of aliphatic hydroxyl groups excluding tert-OH is 1. The summed E-state index contributed by atoms with van der Waals surface area (Å²) in [6.07, 6.45) is 9.66. The summed E-state index contributed by atoms with van der Waals surface area (Å²) in [6.45, 7) is 0. The molecule has 15 heavy (non-hydrogen) atoms. The monoisotopic (exact) mass is 226 g/mol. The second kappa shape index (κ2) is 5.56. The highest BCUT2D eigenvalue weighted by Crippen LogP contribution is 2.29. The minimum Gasteiger partial charge on any atom is -0.392 e. The van der Waals surface area contributed by atoms with Gasteiger partial charge in [-0.15, -0.1) is 0 Å². The highest BCUT2D eigenvalue weighted by molar-refractivity contribution is 7.99. The first kappa shape index (κ1) is 11.0. The Balaban J connectivity index is 1.66. The Labute approximate surface area is 94.7 Å². The first-order valence-electron chi connectivity index (χ1n) is 5.65. The number of nitrogens with one attached hydrogen (secondary N) is 1. The maximum Gasteiger partial charge on any atom is 0.165 e. The van der Waals surface area contributed by atoms with Crippen LogP contribution in [0.15, 0.2) is 17.6 Å². The number of imidazole rings is 1. The van der Waals surface area contributed by atoms with Crippen LogP contribution in [0.2, 0.25) is 0 Å². The molecule has 1 fully saturated rings. The molecule has 2 rings (SSSR count). The van der Waals surface area contributed by atoms with Gasteiger partial charge in [-0.25, -0.2) is 4.98 Å². The number of nitrogens with zero attached hydrogens (tertiary/aromatic N) is 1.